The van der Waals surface area contributed by atoms with Gasteiger partial charge in [0.1, 0.15) is 0 Å². The third-order valence-corrected chi connectivity index (χ3v) is 2.47. The van der Waals surface area contributed by atoms with Crippen LogP contribution in [-0.2, 0) is 0 Å². The number of nitrogens with zero attached hydrogens (tertiary/aromatic N) is 1. The van der Waals surface area contributed by atoms with E-state index in [1.54, 1.807) is 18.2 Å². The van der Waals surface area contributed by atoms with Crippen molar-refractivity contribution in [3.63, 3.8) is 0 Å². The Morgan fingerprint density at radius 1 is 1.38 bits per heavy atom. The molecule has 1 rings (SSSR count). The van der Waals surface area contributed by atoms with Crippen LogP contribution in [0.15, 0.2) is 23.2 Å². The van der Waals surface area contributed by atoms with Gasteiger partial charge in [-0.05, 0) is 18.6 Å². The van der Waals surface area contributed by atoms with Crippen molar-refractivity contribution in [3.8, 4) is 0 Å². The third-order valence-electron chi connectivity index (χ3n) is 1.84. The van der Waals surface area contributed by atoms with Gasteiger partial charge in [0, 0.05) is 6.54 Å². The van der Waals surface area contributed by atoms with Gasteiger partial charge in [-0.3, -0.25) is 10.4 Å². The highest BCUT2D eigenvalue weighted by Gasteiger charge is 2.06. The van der Waals surface area contributed by atoms with E-state index >= 15 is 0 Å². The fraction of sp³-hybridized carbons (Fsp3) is 0.300. The maximum atomic E-state index is 5.99. The molecule has 0 unspecified atom stereocenters. The molecule has 0 atom stereocenters. The van der Waals surface area contributed by atoms with E-state index in [0.717, 1.165) is 6.42 Å². The molecule has 0 aliphatic rings. The van der Waals surface area contributed by atoms with E-state index in [1.807, 2.05) is 6.92 Å². The molecule has 6 heteroatoms. The quantitative estimate of drug-likeness (QED) is 0.339. The fourth-order valence-corrected chi connectivity index (χ4v) is 1.57. The Labute approximate surface area is 105 Å². The van der Waals surface area contributed by atoms with Crippen molar-refractivity contribution in [2.75, 3.05) is 11.9 Å². The summed E-state index contributed by atoms with van der Waals surface area (Å²) < 4.78 is 0. The van der Waals surface area contributed by atoms with E-state index in [-0.39, 0.29) is 0 Å². The van der Waals surface area contributed by atoms with Crippen molar-refractivity contribution in [2.24, 2.45) is 10.8 Å². The van der Waals surface area contributed by atoms with E-state index < -0.39 is 0 Å². The zero-order chi connectivity index (χ0) is 12.0. The molecule has 0 aliphatic carbocycles. The Morgan fingerprint density at radius 2 is 2.00 bits per heavy atom. The molecule has 4 N–H and O–H groups in total. The number of hydrogen-bond donors (Lipinski definition) is 3. The highest BCUT2D eigenvalue weighted by atomic mass is 35.5. The molecule has 1 aromatic rings. The summed E-state index contributed by atoms with van der Waals surface area (Å²) in [5, 5.41) is 3.99. The zero-order valence-corrected chi connectivity index (χ0v) is 10.4. The standard InChI is InChI=1S/C10H14Cl2N4/c1-2-6-14-10(16-13)15-9-7(11)4-3-5-8(9)12/h3-5H,2,6,13H2,1H3,(H2,14,15,16). The van der Waals surface area contributed by atoms with E-state index in [9.17, 15) is 0 Å². The second-order valence-electron chi connectivity index (χ2n) is 3.10. The fourth-order valence-electron chi connectivity index (χ4n) is 1.08. The SMILES string of the molecule is CCCN=C(NN)Nc1c(Cl)cccc1Cl. The number of hydrazine groups is 1. The van der Waals surface area contributed by atoms with E-state index in [2.05, 4.69) is 15.7 Å². The van der Waals surface area contributed by atoms with Crippen molar-refractivity contribution >= 4 is 34.8 Å². The molecule has 0 saturated carbocycles. The third kappa shape index (κ3) is 3.56. The average Bonchev–Trinajstić information content (AvgIpc) is 2.28. The second kappa shape index (κ2) is 6.58. The number of aliphatic imine (C=N–C) groups is 1. The number of halogens is 2. The first kappa shape index (κ1) is 13.1. The summed E-state index contributed by atoms with van der Waals surface area (Å²) in [6.45, 7) is 2.70. The van der Waals surface area contributed by atoms with Crippen LogP contribution in [0.1, 0.15) is 13.3 Å². The van der Waals surface area contributed by atoms with Crippen molar-refractivity contribution in [2.45, 2.75) is 13.3 Å². The Balaban J connectivity index is 2.85. The minimum absolute atomic E-state index is 0.442. The number of guanidine groups is 1. The lowest BCUT2D eigenvalue weighted by Gasteiger charge is -2.11. The first-order chi connectivity index (χ1) is 7.69. The van der Waals surface area contributed by atoms with E-state index in [1.165, 1.54) is 0 Å². The molecule has 0 aromatic heterocycles. The Kier molecular flexibility index (Phi) is 5.38. The second-order valence-corrected chi connectivity index (χ2v) is 3.91. The summed E-state index contributed by atoms with van der Waals surface area (Å²) in [6.07, 6.45) is 0.934. The van der Waals surface area contributed by atoms with Gasteiger partial charge in [-0.2, -0.15) is 0 Å². The first-order valence-corrected chi connectivity index (χ1v) is 5.66. The molecule has 88 valence electrons. The van der Waals surface area contributed by atoms with Gasteiger partial charge in [0.15, 0.2) is 0 Å². The molecule has 0 heterocycles. The predicted molar refractivity (Wildman–Crippen MR) is 70.0 cm³/mol. The van der Waals surface area contributed by atoms with Gasteiger partial charge in [0.2, 0.25) is 5.96 Å². The molecule has 4 nitrogen and oxygen atoms in total. The molecule has 0 spiro atoms. The molecule has 0 radical (unpaired) electrons. The molecular weight excluding hydrogens is 247 g/mol. The highest BCUT2D eigenvalue weighted by Crippen LogP contribution is 2.29. The van der Waals surface area contributed by atoms with Gasteiger partial charge in [-0.25, -0.2) is 5.84 Å². The normalized spacial score (nSPS) is 11.4. The van der Waals surface area contributed by atoms with Gasteiger partial charge >= 0.3 is 0 Å². The van der Waals surface area contributed by atoms with Crippen LogP contribution in [0.5, 0.6) is 0 Å². The largest absolute Gasteiger partial charge is 0.323 e. The van der Waals surface area contributed by atoms with Crippen molar-refractivity contribution in [3.05, 3.63) is 28.2 Å². The van der Waals surface area contributed by atoms with Crippen molar-refractivity contribution in [1.29, 1.82) is 0 Å². The topological polar surface area (TPSA) is 62.4 Å². The molecule has 0 bridgehead atoms. The van der Waals surface area contributed by atoms with Crippen molar-refractivity contribution < 1.29 is 0 Å². The number of para-hydroxylation sites is 1. The van der Waals surface area contributed by atoms with Crippen LogP contribution < -0.4 is 16.6 Å². The summed E-state index contributed by atoms with van der Waals surface area (Å²) in [5.41, 5.74) is 3.06. The summed E-state index contributed by atoms with van der Waals surface area (Å²) in [5.74, 6) is 5.77. The maximum absolute atomic E-state index is 5.99. The number of benzene rings is 1. The summed E-state index contributed by atoms with van der Waals surface area (Å²) in [4.78, 5) is 4.19. The van der Waals surface area contributed by atoms with Crippen molar-refractivity contribution in [1.82, 2.24) is 5.43 Å². The smallest absolute Gasteiger partial charge is 0.210 e. The monoisotopic (exact) mass is 260 g/mol. The van der Waals surface area contributed by atoms with Crippen LogP contribution in [0.3, 0.4) is 0 Å². The van der Waals surface area contributed by atoms with Crippen LogP contribution in [-0.4, -0.2) is 12.5 Å². The highest BCUT2D eigenvalue weighted by molar-refractivity contribution is 6.39. The van der Waals surface area contributed by atoms with Crippen LogP contribution in [0.2, 0.25) is 10.0 Å². The molecule has 0 fully saturated rings. The lowest BCUT2D eigenvalue weighted by Crippen LogP contribution is -2.36. The zero-order valence-electron chi connectivity index (χ0n) is 8.93. The number of anilines is 1. The number of hydrogen-bond acceptors (Lipinski definition) is 2. The minimum atomic E-state index is 0.442. The Hall–Kier alpha value is -0.970. The molecule has 0 saturated heterocycles. The Bertz CT molecular complexity index is 359. The summed E-state index contributed by atoms with van der Waals surface area (Å²) in [6, 6.07) is 5.25. The predicted octanol–water partition coefficient (Wildman–Crippen LogP) is 2.63. The van der Waals surface area contributed by atoms with Gasteiger partial charge in [0.05, 0.1) is 15.7 Å². The van der Waals surface area contributed by atoms with Gasteiger partial charge in [-0.15, -0.1) is 0 Å². The van der Waals surface area contributed by atoms with E-state index in [0.29, 0.717) is 28.2 Å². The number of rotatable bonds is 3. The molecule has 16 heavy (non-hydrogen) atoms. The first-order valence-electron chi connectivity index (χ1n) is 4.91. The number of nitrogens with one attached hydrogen (secondary N) is 2. The maximum Gasteiger partial charge on any atom is 0.210 e. The lowest BCUT2D eigenvalue weighted by atomic mass is 10.3. The van der Waals surface area contributed by atoms with Crippen LogP contribution in [0, 0.1) is 0 Å². The Morgan fingerprint density at radius 3 is 2.50 bits per heavy atom. The summed E-state index contributed by atoms with van der Waals surface area (Å²) in [7, 11) is 0. The minimum Gasteiger partial charge on any atom is -0.323 e. The lowest BCUT2D eigenvalue weighted by molar-refractivity contribution is 0.905. The average molecular weight is 261 g/mol. The summed E-state index contributed by atoms with van der Waals surface area (Å²) >= 11 is 12.0. The van der Waals surface area contributed by atoms with Gasteiger partial charge in [0.25, 0.3) is 0 Å². The van der Waals surface area contributed by atoms with E-state index in [4.69, 9.17) is 29.0 Å². The molecular formula is C10H14Cl2N4. The van der Waals surface area contributed by atoms with Gasteiger partial charge < -0.3 is 5.32 Å². The van der Waals surface area contributed by atoms with Crippen LogP contribution >= 0.6 is 23.2 Å². The molecule has 0 aliphatic heterocycles. The number of nitrogens with two attached hydrogens (primary N) is 1. The van der Waals surface area contributed by atoms with Gasteiger partial charge in [-0.1, -0.05) is 36.2 Å². The molecule has 1 aromatic carbocycles. The van der Waals surface area contributed by atoms with Crippen LogP contribution in [0.4, 0.5) is 5.69 Å². The van der Waals surface area contributed by atoms with Crippen LogP contribution in [0.25, 0.3) is 0 Å². The molecule has 0 amide bonds.